The highest BCUT2D eigenvalue weighted by molar-refractivity contribution is 5.82. The van der Waals surface area contributed by atoms with Gasteiger partial charge >= 0.3 is 5.97 Å². The standard InChI is InChI=1S/C15H17NO2/c1-15(10-14(17)18)8-4-6-12-9-11-5-2-3-7-13(11)16(12)15/h2-3,5,7,9H,4,6,8,10H2,1H3,(H,17,18). The van der Waals surface area contributed by atoms with Crippen LogP contribution >= 0.6 is 0 Å². The second-order valence-electron chi connectivity index (χ2n) is 5.45. The number of nitrogens with zero attached hydrogens (tertiary/aromatic N) is 1. The zero-order valence-electron chi connectivity index (χ0n) is 10.5. The monoisotopic (exact) mass is 243 g/mol. The maximum Gasteiger partial charge on any atom is 0.305 e. The van der Waals surface area contributed by atoms with Crippen molar-refractivity contribution in [1.82, 2.24) is 4.57 Å². The number of hydrogen-bond acceptors (Lipinski definition) is 1. The van der Waals surface area contributed by atoms with Crippen LogP contribution in [0.1, 0.15) is 31.9 Å². The van der Waals surface area contributed by atoms with E-state index in [0.29, 0.717) is 0 Å². The number of carbonyl (C=O) groups is 1. The maximum atomic E-state index is 11.1. The van der Waals surface area contributed by atoms with Crippen LogP contribution in [-0.4, -0.2) is 15.6 Å². The van der Waals surface area contributed by atoms with Gasteiger partial charge in [-0.2, -0.15) is 0 Å². The summed E-state index contributed by atoms with van der Waals surface area (Å²) in [6.45, 7) is 2.07. The summed E-state index contributed by atoms with van der Waals surface area (Å²) < 4.78 is 2.25. The lowest BCUT2D eigenvalue weighted by atomic mass is 9.87. The van der Waals surface area contributed by atoms with E-state index in [0.717, 1.165) is 24.8 Å². The van der Waals surface area contributed by atoms with E-state index in [-0.39, 0.29) is 12.0 Å². The number of para-hydroxylation sites is 1. The Bertz CT molecular complexity index is 614. The Morgan fingerprint density at radius 3 is 3.00 bits per heavy atom. The van der Waals surface area contributed by atoms with E-state index in [4.69, 9.17) is 5.11 Å². The second kappa shape index (κ2) is 3.87. The number of aryl methyl sites for hydroxylation is 1. The summed E-state index contributed by atoms with van der Waals surface area (Å²) in [6, 6.07) is 10.4. The van der Waals surface area contributed by atoms with Gasteiger partial charge in [-0.25, -0.2) is 0 Å². The minimum atomic E-state index is -0.719. The van der Waals surface area contributed by atoms with Crippen molar-refractivity contribution in [2.45, 2.75) is 38.1 Å². The first-order valence-corrected chi connectivity index (χ1v) is 6.42. The third-order valence-corrected chi connectivity index (χ3v) is 4.01. The molecule has 0 aliphatic carbocycles. The molecule has 0 saturated heterocycles. The number of carboxylic acids is 1. The molecule has 0 bridgehead atoms. The molecule has 1 aromatic heterocycles. The van der Waals surface area contributed by atoms with Gasteiger partial charge in [-0.05, 0) is 43.7 Å². The van der Waals surface area contributed by atoms with E-state index in [2.05, 4.69) is 29.7 Å². The van der Waals surface area contributed by atoms with Crippen LogP contribution in [0.2, 0.25) is 0 Å². The molecule has 1 N–H and O–H groups in total. The van der Waals surface area contributed by atoms with Gasteiger partial charge in [-0.15, -0.1) is 0 Å². The van der Waals surface area contributed by atoms with Gasteiger partial charge in [-0.3, -0.25) is 4.79 Å². The van der Waals surface area contributed by atoms with E-state index >= 15 is 0 Å². The molecule has 0 spiro atoms. The zero-order chi connectivity index (χ0) is 12.8. The molecule has 18 heavy (non-hydrogen) atoms. The van der Waals surface area contributed by atoms with Crippen molar-refractivity contribution in [2.75, 3.05) is 0 Å². The molecule has 3 rings (SSSR count). The highest BCUT2D eigenvalue weighted by atomic mass is 16.4. The number of aliphatic carboxylic acids is 1. The molecule has 2 heterocycles. The SMILES string of the molecule is CC1(CC(=O)O)CCCc2cc3ccccc3n21. The lowest BCUT2D eigenvalue weighted by molar-refractivity contribution is -0.139. The largest absolute Gasteiger partial charge is 0.481 e. The third-order valence-electron chi connectivity index (χ3n) is 4.01. The first-order valence-electron chi connectivity index (χ1n) is 6.42. The van der Waals surface area contributed by atoms with E-state index in [9.17, 15) is 4.79 Å². The van der Waals surface area contributed by atoms with Gasteiger partial charge < -0.3 is 9.67 Å². The van der Waals surface area contributed by atoms with Crippen LogP contribution in [0.4, 0.5) is 0 Å². The Balaban J connectivity index is 2.22. The van der Waals surface area contributed by atoms with Crippen LogP contribution in [0.25, 0.3) is 10.9 Å². The van der Waals surface area contributed by atoms with Crippen LogP contribution in [0.15, 0.2) is 30.3 Å². The molecule has 1 aromatic carbocycles. The third kappa shape index (κ3) is 1.62. The molecule has 2 aromatic rings. The molecule has 0 amide bonds. The van der Waals surface area contributed by atoms with Crippen molar-refractivity contribution < 1.29 is 9.90 Å². The van der Waals surface area contributed by atoms with Crippen molar-refractivity contribution in [1.29, 1.82) is 0 Å². The molecule has 1 aliphatic heterocycles. The normalized spacial score (nSPS) is 22.9. The fraction of sp³-hybridized carbons (Fsp3) is 0.400. The number of benzene rings is 1. The number of hydrogen-bond donors (Lipinski definition) is 1. The van der Waals surface area contributed by atoms with Gasteiger partial charge in [0.1, 0.15) is 0 Å². The van der Waals surface area contributed by atoms with Gasteiger partial charge in [0.05, 0.1) is 12.0 Å². The second-order valence-corrected chi connectivity index (χ2v) is 5.45. The van der Waals surface area contributed by atoms with Gasteiger partial charge in [0.25, 0.3) is 0 Å². The zero-order valence-corrected chi connectivity index (χ0v) is 10.5. The summed E-state index contributed by atoms with van der Waals surface area (Å²) in [4.78, 5) is 11.1. The molecule has 0 saturated carbocycles. The lowest BCUT2D eigenvalue weighted by Crippen LogP contribution is -2.36. The van der Waals surface area contributed by atoms with Crippen LogP contribution < -0.4 is 0 Å². The van der Waals surface area contributed by atoms with E-state index in [1.54, 1.807) is 0 Å². The van der Waals surface area contributed by atoms with Crippen LogP contribution in [0.5, 0.6) is 0 Å². The Morgan fingerprint density at radius 2 is 2.22 bits per heavy atom. The first kappa shape index (κ1) is 11.3. The molecule has 94 valence electrons. The van der Waals surface area contributed by atoms with Crippen molar-refractivity contribution >= 4 is 16.9 Å². The Labute approximate surface area is 106 Å². The molecule has 3 heteroatoms. The fourth-order valence-electron chi connectivity index (χ4n) is 3.29. The molecule has 0 radical (unpaired) electrons. The molecule has 1 unspecified atom stereocenters. The summed E-state index contributed by atoms with van der Waals surface area (Å²) in [5.74, 6) is -0.719. The predicted octanol–water partition coefficient (Wildman–Crippen LogP) is 3.17. The van der Waals surface area contributed by atoms with Gasteiger partial charge in [0.15, 0.2) is 0 Å². The highest BCUT2D eigenvalue weighted by Crippen LogP contribution is 2.38. The molecule has 1 aliphatic rings. The molecular weight excluding hydrogens is 226 g/mol. The van der Waals surface area contributed by atoms with Crippen LogP contribution in [0, 0.1) is 0 Å². The van der Waals surface area contributed by atoms with Crippen molar-refractivity contribution in [3.05, 3.63) is 36.0 Å². The van der Waals surface area contributed by atoms with Crippen LogP contribution in [0.3, 0.4) is 0 Å². The fourth-order valence-corrected chi connectivity index (χ4v) is 3.29. The first-order chi connectivity index (χ1) is 8.60. The molecule has 3 nitrogen and oxygen atoms in total. The summed E-state index contributed by atoms with van der Waals surface area (Å²) in [5.41, 5.74) is 2.14. The highest BCUT2D eigenvalue weighted by Gasteiger charge is 2.34. The average molecular weight is 243 g/mol. The topological polar surface area (TPSA) is 42.2 Å². The minimum Gasteiger partial charge on any atom is -0.481 e. The Hall–Kier alpha value is -1.77. The summed E-state index contributed by atoms with van der Waals surface area (Å²) in [5, 5.41) is 10.4. The Kier molecular flexibility index (Phi) is 2.44. The molecule has 1 atom stereocenters. The number of rotatable bonds is 2. The molecular formula is C15H17NO2. The van der Waals surface area contributed by atoms with Gasteiger partial charge in [0, 0.05) is 11.2 Å². The maximum absolute atomic E-state index is 11.1. The number of fused-ring (bicyclic) bond motifs is 3. The van der Waals surface area contributed by atoms with E-state index < -0.39 is 5.97 Å². The summed E-state index contributed by atoms with van der Waals surface area (Å²) in [6.07, 6.45) is 3.24. The van der Waals surface area contributed by atoms with E-state index in [1.807, 2.05) is 12.1 Å². The van der Waals surface area contributed by atoms with Gasteiger partial charge in [-0.1, -0.05) is 18.2 Å². The quantitative estimate of drug-likeness (QED) is 0.880. The number of aromatic nitrogens is 1. The van der Waals surface area contributed by atoms with Crippen molar-refractivity contribution in [3.8, 4) is 0 Å². The predicted molar refractivity (Wildman–Crippen MR) is 70.8 cm³/mol. The van der Waals surface area contributed by atoms with Crippen molar-refractivity contribution in [2.24, 2.45) is 0 Å². The minimum absolute atomic E-state index is 0.193. The Morgan fingerprint density at radius 1 is 1.44 bits per heavy atom. The summed E-state index contributed by atoms with van der Waals surface area (Å²) >= 11 is 0. The average Bonchev–Trinajstić information content (AvgIpc) is 2.67. The van der Waals surface area contributed by atoms with E-state index in [1.165, 1.54) is 11.1 Å². The lowest BCUT2D eigenvalue weighted by Gasteiger charge is -2.36. The van der Waals surface area contributed by atoms with Crippen molar-refractivity contribution in [3.63, 3.8) is 0 Å². The smallest absolute Gasteiger partial charge is 0.305 e. The number of carboxylic acid groups (broad SMARTS) is 1. The summed E-state index contributed by atoms with van der Waals surface area (Å²) in [7, 11) is 0. The van der Waals surface area contributed by atoms with Gasteiger partial charge in [0.2, 0.25) is 0 Å². The molecule has 0 fully saturated rings. The van der Waals surface area contributed by atoms with Crippen LogP contribution in [-0.2, 0) is 16.8 Å².